The first kappa shape index (κ1) is 17.5. The van der Waals surface area contributed by atoms with Crippen LogP contribution in [0.1, 0.15) is 18.9 Å². The summed E-state index contributed by atoms with van der Waals surface area (Å²) in [6.45, 7) is 8.06. The molecule has 2 rings (SSSR count). The van der Waals surface area contributed by atoms with Crippen molar-refractivity contribution < 1.29 is 14.3 Å². The van der Waals surface area contributed by atoms with Gasteiger partial charge in [-0.2, -0.15) is 0 Å². The fourth-order valence-electron chi connectivity index (χ4n) is 2.32. The van der Waals surface area contributed by atoms with Gasteiger partial charge in [0.15, 0.2) is 0 Å². The third kappa shape index (κ3) is 6.84. The number of ether oxygens (including phenoxy) is 2. The molecule has 0 spiro atoms. The van der Waals surface area contributed by atoms with E-state index in [2.05, 4.69) is 17.1 Å². The quantitative estimate of drug-likeness (QED) is 0.586. The second-order valence-corrected chi connectivity index (χ2v) is 5.51. The molecule has 0 bridgehead atoms. The summed E-state index contributed by atoms with van der Waals surface area (Å²) in [5.74, 6) is 0.550. The molecule has 23 heavy (non-hydrogen) atoms. The maximum Gasteiger partial charge on any atom is 0.330 e. The van der Waals surface area contributed by atoms with Crippen LogP contribution in [0.4, 0.5) is 0 Å². The first-order valence-corrected chi connectivity index (χ1v) is 8.28. The van der Waals surface area contributed by atoms with Crippen molar-refractivity contribution in [1.82, 2.24) is 10.2 Å². The van der Waals surface area contributed by atoms with E-state index in [1.807, 2.05) is 24.3 Å². The van der Waals surface area contributed by atoms with Crippen LogP contribution in [0.15, 0.2) is 30.3 Å². The second-order valence-electron chi connectivity index (χ2n) is 5.51. The number of carbonyl (C=O) groups excluding carboxylic acids is 1. The van der Waals surface area contributed by atoms with Gasteiger partial charge in [0.2, 0.25) is 0 Å². The Hall–Kier alpha value is -1.85. The molecule has 1 aromatic rings. The normalized spacial score (nSPS) is 15.7. The highest BCUT2D eigenvalue weighted by atomic mass is 16.5. The van der Waals surface area contributed by atoms with E-state index in [4.69, 9.17) is 9.47 Å². The molecule has 0 radical (unpaired) electrons. The van der Waals surface area contributed by atoms with Crippen LogP contribution in [0.3, 0.4) is 0 Å². The maximum atomic E-state index is 11.7. The number of nitrogens with zero attached hydrogens (tertiary/aromatic N) is 1. The van der Waals surface area contributed by atoms with E-state index in [0.717, 1.165) is 50.5 Å². The fraction of sp³-hybridized carbons (Fsp3) is 0.500. The lowest BCUT2D eigenvalue weighted by Gasteiger charge is -2.26. The standard InChI is InChI=1S/C18H26N2O3/c1-2-14-22-17-6-3-16(4-7-17)5-8-18(21)23-15-13-20-11-9-19-10-12-20/h3-8,19H,2,9-15H2,1H3/b8-5+. The van der Waals surface area contributed by atoms with Crippen LogP contribution in [0.2, 0.25) is 0 Å². The van der Waals surface area contributed by atoms with Crippen LogP contribution in [0.5, 0.6) is 5.75 Å². The Labute approximate surface area is 138 Å². The molecular formula is C18H26N2O3. The monoisotopic (exact) mass is 318 g/mol. The Morgan fingerprint density at radius 3 is 2.65 bits per heavy atom. The van der Waals surface area contributed by atoms with E-state index in [1.54, 1.807) is 6.08 Å². The smallest absolute Gasteiger partial charge is 0.330 e. The Morgan fingerprint density at radius 1 is 1.22 bits per heavy atom. The van der Waals surface area contributed by atoms with Crippen LogP contribution < -0.4 is 10.1 Å². The number of piperazine rings is 1. The molecule has 126 valence electrons. The molecule has 1 heterocycles. The lowest BCUT2D eigenvalue weighted by Crippen LogP contribution is -2.44. The van der Waals surface area contributed by atoms with E-state index < -0.39 is 0 Å². The lowest BCUT2D eigenvalue weighted by molar-refractivity contribution is -0.138. The van der Waals surface area contributed by atoms with Crippen LogP contribution >= 0.6 is 0 Å². The SMILES string of the molecule is CCCOc1ccc(/C=C/C(=O)OCCN2CCNCC2)cc1. The van der Waals surface area contributed by atoms with Gasteiger partial charge < -0.3 is 14.8 Å². The van der Waals surface area contributed by atoms with Crippen LogP contribution in [-0.4, -0.2) is 56.8 Å². The van der Waals surface area contributed by atoms with E-state index in [-0.39, 0.29) is 5.97 Å². The number of benzene rings is 1. The number of hydrogen-bond donors (Lipinski definition) is 1. The summed E-state index contributed by atoms with van der Waals surface area (Å²) in [6, 6.07) is 7.67. The van der Waals surface area contributed by atoms with Crippen molar-refractivity contribution in [3.05, 3.63) is 35.9 Å². The summed E-state index contributed by atoms with van der Waals surface area (Å²) in [4.78, 5) is 14.0. The van der Waals surface area contributed by atoms with Gasteiger partial charge in [0, 0.05) is 38.8 Å². The summed E-state index contributed by atoms with van der Waals surface area (Å²) in [6.07, 6.45) is 4.22. The molecular weight excluding hydrogens is 292 g/mol. The molecule has 1 saturated heterocycles. The van der Waals surface area contributed by atoms with Crippen LogP contribution in [0.25, 0.3) is 6.08 Å². The zero-order valence-corrected chi connectivity index (χ0v) is 13.8. The minimum atomic E-state index is -0.300. The molecule has 1 fully saturated rings. The zero-order valence-electron chi connectivity index (χ0n) is 13.8. The Morgan fingerprint density at radius 2 is 1.96 bits per heavy atom. The summed E-state index contributed by atoms with van der Waals surface area (Å²) >= 11 is 0. The van der Waals surface area contributed by atoms with Gasteiger partial charge in [-0.3, -0.25) is 4.90 Å². The molecule has 0 amide bonds. The largest absolute Gasteiger partial charge is 0.494 e. The van der Waals surface area contributed by atoms with Gasteiger partial charge in [0.05, 0.1) is 6.61 Å². The second kappa shape index (κ2) is 10.0. The predicted molar refractivity (Wildman–Crippen MR) is 91.5 cm³/mol. The molecule has 5 heteroatoms. The topological polar surface area (TPSA) is 50.8 Å². The Kier molecular flexibility index (Phi) is 7.63. The summed E-state index contributed by atoms with van der Waals surface area (Å²) in [5, 5.41) is 3.30. The molecule has 1 aromatic carbocycles. The lowest BCUT2D eigenvalue weighted by atomic mass is 10.2. The predicted octanol–water partition coefficient (Wildman–Crippen LogP) is 1.94. The molecule has 0 aromatic heterocycles. The molecule has 0 aliphatic carbocycles. The summed E-state index contributed by atoms with van der Waals surface area (Å²) < 4.78 is 10.8. The number of carbonyl (C=O) groups is 1. The third-order valence-corrected chi connectivity index (χ3v) is 3.63. The Bertz CT molecular complexity index is 493. The minimum absolute atomic E-state index is 0.300. The van der Waals surface area contributed by atoms with Crippen molar-refractivity contribution in [2.24, 2.45) is 0 Å². The van der Waals surface area contributed by atoms with Crippen LogP contribution in [0, 0.1) is 0 Å². The van der Waals surface area contributed by atoms with E-state index in [1.165, 1.54) is 6.08 Å². The first-order valence-electron chi connectivity index (χ1n) is 8.28. The van der Waals surface area contributed by atoms with Gasteiger partial charge in [-0.05, 0) is 30.2 Å². The van der Waals surface area contributed by atoms with Gasteiger partial charge in [0.25, 0.3) is 0 Å². The number of nitrogens with one attached hydrogen (secondary N) is 1. The van der Waals surface area contributed by atoms with Gasteiger partial charge >= 0.3 is 5.97 Å². The van der Waals surface area contributed by atoms with Gasteiger partial charge in [-0.1, -0.05) is 19.1 Å². The maximum absolute atomic E-state index is 11.7. The number of rotatable bonds is 8. The van der Waals surface area contributed by atoms with Gasteiger partial charge in [-0.15, -0.1) is 0 Å². The molecule has 0 unspecified atom stereocenters. The van der Waals surface area contributed by atoms with Crippen molar-refractivity contribution in [2.45, 2.75) is 13.3 Å². The third-order valence-electron chi connectivity index (χ3n) is 3.63. The highest BCUT2D eigenvalue weighted by molar-refractivity contribution is 5.87. The van der Waals surface area contributed by atoms with Crippen molar-refractivity contribution in [3.63, 3.8) is 0 Å². The molecule has 5 nitrogen and oxygen atoms in total. The van der Waals surface area contributed by atoms with Gasteiger partial charge in [-0.25, -0.2) is 4.79 Å². The van der Waals surface area contributed by atoms with Crippen molar-refractivity contribution in [1.29, 1.82) is 0 Å². The highest BCUT2D eigenvalue weighted by Crippen LogP contribution is 2.13. The number of hydrogen-bond acceptors (Lipinski definition) is 5. The molecule has 1 aliphatic heterocycles. The summed E-state index contributed by atoms with van der Waals surface area (Å²) in [5.41, 5.74) is 0.952. The molecule has 0 saturated carbocycles. The average molecular weight is 318 g/mol. The van der Waals surface area contributed by atoms with Gasteiger partial charge in [0.1, 0.15) is 12.4 Å². The fourth-order valence-corrected chi connectivity index (χ4v) is 2.32. The van der Waals surface area contributed by atoms with Crippen molar-refractivity contribution in [2.75, 3.05) is 45.9 Å². The minimum Gasteiger partial charge on any atom is -0.494 e. The van der Waals surface area contributed by atoms with Crippen molar-refractivity contribution in [3.8, 4) is 5.75 Å². The zero-order chi connectivity index (χ0) is 16.3. The number of esters is 1. The highest BCUT2D eigenvalue weighted by Gasteiger charge is 2.09. The molecule has 1 N–H and O–H groups in total. The van der Waals surface area contributed by atoms with E-state index in [9.17, 15) is 4.79 Å². The van der Waals surface area contributed by atoms with Crippen LogP contribution in [-0.2, 0) is 9.53 Å². The summed E-state index contributed by atoms with van der Waals surface area (Å²) in [7, 11) is 0. The molecule has 0 atom stereocenters. The van der Waals surface area contributed by atoms with Crippen molar-refractivity contribution >= 4 is 12.0 Å². The average Bonchev–Trinajstić information content (AvgIpc) is 2.60. The van der Waals surface area contributed by atoms with E-state index >= 15 is 0 Å². The first-order chi connectivity index (χ1) is 11.3. The van der Waals surface area contributed by atoms with E-state index in [0.29, 0.717) is 13.2 Å². The Balaban J connectivity index is 1.68. The molecule has 1 aliphatic rings.